The zero-order valence-electron chi connectivity index (χ0n) is 15.4. The first-order chi connectivity index (χ1) is 13.7. The van der Waals surface area contributed by atoms with Gasteiger partial charge in [0.05, 0.1) is 6.26 Å². The van der Waals surface area contributed by atoms with Crippen LogP contribution in [-0.2, 0) is 24.2 Å². The number of furan rings is 1. The molecule has 1 unspecified atom stereocenters. The smallest absolute Gasteiger partial charge is 0.290 e. The van der Waals surface area contributed by atoms with E-state index in [4.69, 9.17) is 4.42 Å². The zero-order valence-corrected chi connectivity index (χ0v) is 15.4. The van der Waals surface area contributed by atoms with Crippen LogP contribution in [0.2, 0.25) is 0 Å². The lowest BCUT2D eigenvalue weighted by molar-refractivity contribution is -0.126. The van der Waals surface area contributed by atoms with Gasteiger partial charge in [-0.15, -0.1) is 0 Å². The third-order valence-electron chi connectivity index (χ3n) is 4.98. The van der Waals surface area contributed by atoms with Crippen molar-refractivity contribution in [2.75, 3.05) is 6.54 Å². The average molecular weight is 375 g/mol. The summed E-state index contributed by atoms with van der Waals surface area (Å²) < 4.78 is 5.27. The van der Waals surface area contributed by atoms with Gasteiger partial charge in [0.25, 0.3) is 5.91 Å². The van der Waals surface area contributed by atoms with E-state index >= 15 is 0 Å². The molecular formula is C22H21N3O3. The molecule has 0 fully saturated rings. The molecule has 1 atom stereocenters. The summed E-state index contributed by atoms with van der Waals surface area (Å²) in [4.78, 5) is 31.5. The molecule has 2 amide bonds. The molecule has 142 valence electrons. The number of pyridine rings is 1. The van der Waals surface area contributed by atoms with E-state index < -0.39 is 6.04 Å². The van der Waals surface area contributed by atoms with Gasteiger partial charge in [-0.25, -0.2) is 0 Å². The molecule has 0 saturated carbocycles. The third kappa shape index (κ3) is 3.81. The Morgan fingerprint density at radius 2 is 1.96 bits per heavy atom. The molecule has 0 aliphatic carbocycles. The number of carbonyl (C=O) groups excluding carboxylic acids is 2. The van der Waals surface area contributed by atoms with Gasteiger partial charge >= 0.3 is 0 Å². The molecule has 3 aromatic rings. The summed E-state index contributed by atoms with van der Waals surface area (Å²) in [5, 5.41) is 2.97. The maximum absolute atomic E-state index is 12.9. The maximum Gasteiger partial charge on any atom is 0.290 e. The minimum atomic E-state index is -0.568. The summed E-state index contributed by atoms with van der Waals surface area (Å²) in [5.41, 5.74) is 3.21. The summed E-state index contributed by atoms with van der Waals surface area (Å²) in [5.74, 6) is -0.183. The first-order valence-electron chi connectivity index (χ1n) is 9.30. The summed E-state index contributed by atoms with van der Waals surface area (Å²) >= 11 is 0. The summed E-state index contributed by atoms with van der Waals surface area (Å²) in [6.45, 7) is 0.877. The minimum Gasteiger partial charge on any atom is -0.459 e. The fourth-order valence-electron chi connectivity index (χ4n) is 3.51. The van der Waals surface area contributed by atoms with Crippen molar-refractivity contribution in [1.82, 2.24) is 15.2 Å². The number of aromatic nitrogens is 1. The minimum absolute atomic E-state index is 0.154. The monoisotopic (exact) mass is 375 g/mol. The molecule has 1 N–H and O–H groups in total. The van der Waals surface area contributed by atoms with E-state index in [0.717, 1.165) is 16.7 Å². The van der Waals surface area contributed by atoms with Crippen LogP contribution in [0.25, 0.3) is 0 Å². The highest BCUT2D eigenvalue weighted by Gasteiger charge is 2.35. The highest BCUT2D eigenvalue weighted by molar-refractivity contribution is 5.96. The van der Waals surface area contributed by atoms with Crippen molar-refractivity contribution in [3.8, 4) is 0 Å². The Hall–Kier alpha value is -3.41. The van der Waals surface area contributed by atoms with Crippen LogP contribution in [0.3, 0.4) is 0 Å². The Morgan fingerprint density at radius 1 is 1.11 bits per heavy atom. The van der Waals surface area contributed by atoms with Gasteiger partial charge in [0.15, 0.2) is 5.76 Å². The van der Waals surface area contributed by atoms with Gasteiger partial charge in [0.1, 0.15) is 6.04 Å². The van der Waals surface area contributed by atoms with Gasteiger partial charge in [-0.1, -0.05) is 30.3 Å². The van der Waals surface area contributed by atoms with Crippen molar-refractivity contribution >= 4 is 11.8 Å². The average Bonchev–Trinajstić information content (AvgIpc) is 3.28. The second kappa shape index (κ2) is 8.08. The first kappa shape index (κ1) is 18.0. The Labute approximate surface area is 163 Å². The molecule has 0 saturated heterocycles. The number of nitrogens with zero attached hydrogens (tertiary/aromatic N) is 2. The number of rotatable bonds is 5. The van der Waals surface area contributed by atoms with Gasteiger partial charge in [0.2, 0.25) is 5.91 Å². The van der Waals surface area contributed by atoms with Gasteiger partial charge in [-0.05, 0) is 41.3 Å². The van der Waals surface area contributed by atoms with Crippen molar-refractivity contribution in [2.45, 2.75) is 25.4 Å². The number of benzene rings is 1. The highest BCUT2D eigenvalue weighted by atomic mass is 16.3. The molecule has 1 aromatic carbocycles. The second-order valence-electron chi connectivity index (χ2n) is 6.80. The topological polar surface area (TPSA) is 75.4 Å². The first-order valence-corrected chi connectivity index (χ1v) is 9.30. The number of hydrogen-bond donors (Lipinski definition) is 1. The van der Waals surface area contributed by atoms with Crippen LogP contribution in [0.15, 0.2) is 71.6 Å². The number of carbonyl (C=O) groups is 2. The van der Waals surface area contributed by atoms with E-state index in [-0.39, 0.29) is 17.6 Å². The number of nitrogens with one attached hydrogen (secondary N) is 1. The molecule has 2 aromatic heterocycles. The quantitative estimate of drug-likeness (QED) is 0.744. The van der Waals surface area contributed by atoms with Crippen LogP contribution >= 0.6 is 0 Å². The van der Waals surface area contributed by atoms with Crippen LogP contribution in [0, 0.1) is 0 Å². The summed E-state index contributed by atoms with van der Waals surface area (Å²) in [7, 11) is 0. The van der Waals surface area contributed by atoms with Gasteiger partial charge in [-0.2, -0.15) is 0 Å². The van der Waals surface area contributed by atoms with Crippen LogP contribution < -0.4 is 5.32 Å². The number of hydrogen-bond acceptors (Lipinski definition) is 4. The van der Waals surface area contributed by atoms with Crippen molar-refractivity contribution in [3.63, 3.8) is 0 Å². The van der Waals surface area contributed by atoms with Gasteiger partial charge in [-0.3, -0.25) is 14.6 Å². The van der Waals surface area contributed by atoms with E-state index in [9.17, 15) is 9.59 Å². The van der Waals surface area contributed by atoms with E-state index in [1.807, 2.05) is 36.4 Å². The highest BCUT2D eigenvalue weighted by Crippen LogP contribution is 2.25. The lowest BCUT2D eigenvalue weighted by atomic mass is 9.93. The number of amides is 2. The van der Waals surface area contributed by atoms with E-state index in [1.54, 1.807) is 29.4 Å². The van der Waals surface area contributed by atoms with Gasteiger partial charge in [0, 0.05) is 31.9 Å². The van der Waals surface area contributed by atoms with Gasteiger partial charge < -0.3 is 14.6 Å². The normalized spacial score (nSPS) is 15.7. The lowest BCUT2D eigenvalue weighted by Gasteiger charge is -2.35. The predicted molar refractivity (Wildman–Crippen MR) is 103 cm³/mol. The molecule has 6 heteroatoms. The molecule has 0 spiro atoms. The summed E-state index contributed by atoms with van der Waals surface area (Å²) in [6, 6.07) is 14.5. The van der Waals surface area contributed by atoms with Crippen molar-refractivity contribution in [1.29, 1.82) is 0 Å². The van der Waals surface area contributed by atoms with E-state index in [2.05, 4.69) is 10.3 Å². The fraction of sp³-hybridized carbons (Fsp3) is 0.227. The number of fused-ring (bicyclic) bond motifs is 1. The molecule has 6 nitrogen and oxygen atoms in total. The second-order valence-corrected chi connectivity index (χ2v) is 6.80. The molecule has 1 aliphatic heterocycles. The summed E-state index contributed by atoms with van der Waals surface area (Å²) in [6.07, 6.45) is 6.15. The SMILES string of the molecule is O=C(NCCc1cccnc1)C1Cc2ccccc2CN1C(=O)c1ccco1. The van der Waals surface area contributed by atoms with Crippen LogP contribution in [-0.4, -0.2) is 34.3 Å². The molecule has 0 bridgehead atoms. The zero-order chi connectivity index (χ0) is 19.3. The third-order valence-corrected chi connectivity index (χ3v) is 4.98. The Kier molecular flexibility index (Phi) is 5.19. The van der Waals surface area contributed by atoms with Crippen molar-refractivity contribution < 1.29 is 14.0 Å². The maximum atomic E-state index is 12.9. The van der Waals surface area contributed by atoms with E-state index in [1.165, 1.54) is 6.26 Å². The standard InChI is InChI=1S/C22H21N3O3/c26-21(24-11-9-16-5-3-10-23-14-16)19-13-17-6-1-2-7-18(17)15-25(19)22(27)20-8-4-12-28-20/h1-8,10,12,14,19H,9,11,13,15H2,(H,24,26). The Bertz CT molecular complexity index is 954. The Balaban J connectivity index is 1.50. The molecule has 3 heterocycles. The van der Waals surface area contributed by atoms with Crippen molar-refractivity contribution in [3.05, 3.63) is 89.6 Å². The van der Waals surface area contributed by atoms with Crippen molar-refractivity contribution in [2.24, 2.45) is 0 Å². The predicted octanol–water partition coefficient (Wildman–Crippen LogP) is 2.60. The molecule has 4 rings (SSSR count). The Morgan fingerprint density at radius 3 is 2.71 bits per heavy atom. The van der Waals surface area contributed by atoms with E-state index in [0.29, 0.717) is 25.9 Å². The van der Waals surface area contributed by atoms with Crippen LogP contribution in [0.5, 0.6) is 0 Å². The molecule has 1 aliphatic rings. The fourth-order valence-corrected chi connectivity index (χ4v) is 3.51. The van der Waals surface area contributed by atoms with Crippen LogP contribution in [0.4, 0.5) is 0 Å². The largest absolute Gasteiger partial charge is 0.459 e. The van der Waals surface area contributed by atoms with Crippen LogP contribution in [0.1, 0.15) is 27.2 Å². The molecule has 28 heavy (non-hydrogen) atoms. The molecule has 0 radical (unpaired) electrons. The molecular weight excluding hydrogens is 354 g/mol. The lowest BCUT2D eigenvalue weighted by Crippen LogP contribution is -2.52.